The lowest BCUT2D eigenvalue weighted by Gasteiger charge is -2.09. The molecule has 5 heteroatoms. The first-order valence-electron chi connectivity index (χ1n) is 2.75. The Balaban J connectivity index is 3.68. The third kappa shape index (κ3) is 3.45. The zero-order chi connectivity index (χ0) is 8.15. The summed E-state index contributed by atoms with van der Waals surface area (Å²) in [7, 11) is 0. The van der Waals surface area contributed by atoms with Crippen LogP contribution in [0.15, 0.2) is 0 Å². The van der Waals surface area contributed by atoms with Crippen molar-refractivity contribution in [3.8, 4) is 0 Å². The van der Waals surface area contributed by atoms with Crippen LogP contribution >= 0.6 is 16.1 Å². The molecule has 58 valence electrons. The number of amides is 1. The molecule has 0 radical (unpaired) electrons. The molecule has 0 aliphatic carbocycles. The number of rotatable bonds is 1. The van der Waals surface area contributed by atoms with Crippen molar-refractivity contribution >= 4 is 28.0 Å². The smallest absolute Gasteiger partial charge is 0.327 e. The summed E-state index contributed by atoms with van der Waals surface area (Å²) in [6.07, 6.45) is 0.245. The van der Waals surface area contributed by atoms with Crippen molar-refractivity contribution in [2.24, 2.45) is 0 Å². The molecule has 0 spiro atoms. The van der Waals surface area contributed by atoms with E-state index in [4.69, 9.17) is 0 Å². The Morgan fingerprint density at radius 3 is 2.40 bits per heavy atom. The van der Waals surface area contributed by atoms with Crippen LogP contribution in [0.4, 0.5) is 0 Å². The van der Waals surface area contributed by atoms with Crippen LogP contribution in [0.25, 0.3) is 0 Å². The van der Waals surface area contributed by atoms with Gasteiger partial charge in [0.25, 0.3) is 5.91 Å². The van der Waals surface area contributed by atoms with Gasteiger partial charge in [-0.25, -0.2) is 4.79 Å². The summed E-state index contributed by atoms with van der Waals surface area (Å²) >= 11 is 2.72. The second kappa shape index (κ2) is 4.27. The van der Waals surface area contributed by atoms with Gasteiger partial charge >= 0.3 is 5.97 Å². The molecule has 0 aromatic rings. The van der Waals surface area contributed by atoms with Gasteiger partial charge in [0.15, 0.2) is 0 Å². The maximum Gasteiger partial charge on any atom is 0.333 e. The predicted molar refractivity (Wildman–Crippen MR) is 37.8 cm³/mol. The highest BCUT2D eigenvalue weighted by Crippen LogP contribution is 2.00. The largest absolute Gasteiger partial charge is 0.333 e. The van der Waals surface area contributed by atoms with Crippen molar-refractivity contribution in [2.45, 2.75) is 20.3 Å². The van der Waals surface area contributed by atoms with Crippen molar-refractivity contribution in [3.63, 3.8) is 0 Å². The molecule has 10 heavy (non-hydrogen) atoms. The molecule has 0 aromatic heterocycles. The molecule has 0 heterocycles. The molecule has 4 nitrogen and oxygen atoms in total. The average Bonchev–Trinajstić information content (AvgIpc) is 1.87. The predicted octanol–water partition coefficient (Wildman–Crippen LogP) is 1.01. The molecule has 0 aromatic carbocycles. The van der Waals surface area contributed by atoms with E-state index in [1.165, 1.54) is 6.92 Å². The van der Waals surface area contributed by atoms with E-state index in [2.05, 4.69) is 21.0 Å². The number of nitrogens with zero attached hydrogens (tertiary/aromatic N) is 1. The summed E-state index contributed by atoms with van der Waals surface area (Å²) in [4.78, 5) is 25.3. The first-order valence-corrected chi connectivity index (χ1v) is 3.46. The van der Waals surface area contributed by atoms with Crippen LogP contribution in [0.5, 0.6) is 0 Å². The molecular weight excluding hydrogens is 202 g/mol. The van der Waals surface area contributed by atoms with Crippen molar-refractivity contribution in [1.29, 1.82) is 0 Å². The molecule has 0 aliphatic heterocycles. The maximum atomic E-state index is 10.5. The molecule has 0 saturated carbocycles. The molecule has 0 bridgehead atoms. The van der Waals surface area contributed by atoms with Crippen LogP contribution in [0.1, 0.15) is 20.3 Å². The van der Waals surface area contributed by atoms with E-state index in [9.17, 15) is 9.59 Å². The summed E-state index contributed by atoms with van der Waals surface area (Å²) in [5.41, 5.74) is 0. The van der Waals surface area contributed by atoms with E-state index in [0.29, 0.717) is 0 Å². The number of carbonyl (C=O) groups is 2. The highest BCUT2D eigenvalue weighted by molar-refractivity contribution is 9.07. The van der Waals surface area contributed by atoms with Crippen LogP contribution in [0.3, 0.4) is 0 Å². The first-order chi connectivity index (χ1) is 4.57. The normalized spacial score (nSPS) is 8.70. The third-order valence-corrected chi connectivity index (χ3v) is 1.36. The molecule has 0 rings (SSSR count). The molecule has 1 amide bonds. The van der Waals surface area contributed by atoms with Crippen molar-refractivity contribution in [3.05, 3.63) is 0 Å². The van der Waals surface area contributed by atoms with Crippen LogP contribution < -0.4 is 0 Å². The Morgan fingerprint density at radius 1 is 1.60 bits per heavy atom. The van der Waals surface area contributed by atoms with Gasteiger partial charge in [0.2, 0.25) is 0 Å². The lowest BCUT2D eigenvalue weighted by molar-refractivity contribution is -0.174. The van der Waals surface area contributed by atoms with E-state index in [1.807, 2.05) is 0 Å². The summed E-state index contributed by atoms with van der Waals surface area (Å²) in [5, 5.41) is 0. The summed E-state index contributed by atoms with van der Waals surface area (Å²) in [5.74, 6) is -0.825. The van der Waals surface area contributed by atoms with Gasteiger partial charge in [0.05, 0.1) is 16.1 Å². The van der Waals surface area contributed by atoms with Crippen molar-refractivity contribution < 1.29 is 14.4 Å². The minimum absolute atomic E-state index is 0.245. The van der Waals surface area contributed by atoms with Crippen LogP contribution in [-0.4, -0.2) is 16.0 Å². The van der Waals surface area contributed by atoms with Gasteiger partial charge in [0, 0.05) is 13.3 Å². The molecule has 0 atom stereocenters. The second-order valence-corrected chi connectivity index (χ2v) is 2.22. The SMILES string of the molecule is CCC(=O)ON(Br)C(C)=O. The highest BCUT2D eigenvalue weighted by Gasteiger charge is 2.08. The summed E-state index contributed by atoms with van der Waals surface area (Å²) < 4.78 is 0.721. The van der Waals surface area contributed by atoms with Crippen molar-refractivity contribution in [1.82, 2.24) is 4.09 Å². The summed E-state index contributed by atoms with van der Waals surface area (Å²) in [6, 6.07) is 0. The van der Waals surface area contributed by atoms with E-state index >= 15 is 0 Å². The van der Waals surface area contributed by atoms with Gasteiger partial charge in [-0.15, -0.1) is 4.09 Å². The van der Waals surface area contributed by atoms with Crippen molar-refractivity contribution in [2.75, 3.05) is 0 Å². The van der Waals surface area contributed by atoms with E-state index in [-0.39, 0.29) is 12.3 Å². The molecule has 0 unspecified atom stereocenters. The maximum absolute atomic E-state index is 10.5. The number of carbonyl (C=O) groups excluding carboxylic acids is 2. The Kier molecular flexibility index (Phi) is 4.02. The zero-order valence-electron chi connectivity index (χ0n) is 5.76. The van der Waals surface area contributed by atoms with E-state index in [1.54, 1.807) is 6.92 Å². The standard InChI is InChI=1S/C5H8BrNO3/c1-3-5(9)10-7(6)4(2)8/h3H2,1-2H3. The van der Waals surface area contributed by atoms with Gasteiger partial charge in [-0.05, 0) is 0 Å². The average molecular weight is 210 g/mol. The zero-order valence-corrected chi connectivity index (χ0v) is 7.34. The lowest BCUT2D eigenvalue weighted by Crippen LogP contribution is -2.21. The molecule has 0 N–H and O–H groups in total. The first kappa shape index (κ1) is 9.42. The number of hydrogen-bond acceptors (Lipinski definition) is 3. The van der Waals surface area contributed by atoms with Crippen LogP contribution in [0.2, 0.25) is 0 Å². The second-order valence-electron chi connectivity index (χ2n) is 1.58. The number of hydroxylamine groups is 1. The van der Waals surface area contributed by atoms with Gasteiger partial charge in [-0.2, -0.15) is 0 Å². The number of halogens is 1. The Hall–Kier alpha value is -0.580. The highest BCUT2D eigenvalue weighted by atomic mass is 79.9. The minimum Gasteiger partial charge on any atom is -0.327 e. The molecule has 0 saturated heterocycles. The Labute approximate surface area is 67.4 Å². The fourth-order valence-electron chi connectivity index (χ4n) is 0.218. The third-order valence-electron chi connectivity index (χ3n) is 0.718. The van der Waals surface area contributed by atoms with E-state index < -0.39 is 5.97 Å². The monoisotopic (exact) mass is 209 g/mol. The quantitative estimate of drug-likeness (QED) is 0.479. The van der Waals surface area contributed by atoms with E-state index in [0.717, 1.165) is 4.09 Å². The Morgan fingerprint density at radius 2 is 2.10 bits per heavy atom. The molecule has 0 aliphatic rings. The lowest BCUT2D eigenvalue weighted by atomic mass is 10.5. The van der Waals surface area contributed by atoms with Crippen LogP contribution in [0, 0.1) is 0 Å². The molecular formula is C5H8BrNO3. The van der Waals surface area contributed by atoms with Gasteiger partial charge in [0.1, 0.15) is 0 Å². The topological polar surface area (TPSA) is 46.6 Å². The fourth-order valence-corrected chi connectivity index (χ4v) is 0.380. The molecule has 0 fully saturated rings. The number of hydrogen-bond donors (Lipinski definition) is 0. The fraction of sp³-hybridized carbons (Fsp3) is 0.600. The summed E-state index contributed by atoms with van der Waals surface area (Å²) in [6.45, 7) is 2.92. The Bertz CT molecular complexity index is 148. The van der Waals surface area contributed by atoms with Crippen LogP contribution in [-0.2, 0) is 14.4 Å². The van der Waals surface area contributed by atoms with Gasteiger partial charge in [-0.1, -0.05) is 6.92 Å². The van der Waals surface area contributed by atoms with Gasteiger partial charge < -0.3 is 4.84 Å². The minimum atomic E-state index is -0.452. The van der Waals surface area contributed by atoms with Gasteiger partial charge in [-0.3, -0.25) is 4.79 Å².